The lowest BCUT2D eigenvalue weighted by Gasteiger charge is -2.08. The molecule has 0 saturated heterocycles. The molecule has 8 heteroatoms. The number of nitrogens with zero attached hydrogens (tertiary/aromatic N) is 4. The molecule has 4 rings (SSSR count). The largest absolute Gasteiger partial charge is 0.504 e. The predicted molar refractivity (Wildman–Crippen MR) is 118 cm³/mol. The van der Waals surface area contributed by atoms with E-state index >= 15 is 0 Å². The average Bonchev–Trinajstić information content (AvgIpc) is 3.12. The quantitative estimate of drug-likeness (QED) is 0.347. The predicted octanol–water partition coefficient (Wildman–Crippen LogP) is 4.78. The second-order valence-corrected chi connectivity index (χ2v) is 7.24. The van der Waals surface area contributed by atoms with Crippen LogP contribution in [0.5, 0.6) is 11.5 Å². The van der Waals surface area contributed by atoms with Gasteiger partial charge in [0.1, 0.15) is 22.3 Å². The van der Waals surface area contributed by atoms with E-state index in [-0.39, 0.29) is 5.75 Å². The van der Waals surface area contributed by atoms with Crippen LogP contribution >= 0.6 is 11.3 Å². The summed E-state index contributed by atoms with van der Waals surface area (Å²) in [5, 5.41) is 24.0. The van der Waals surface area contributed by atoms with Gasteiger partial charge in [0, 0.05) is 5.56 Å². The van der Waals surface area contributed by atoms with Crippen LogP contribution in [0, 0.1) is 11.3 Å². The molecule has 2 aromatic carbocycles. The van der Waals surface area contributed by atoms with Crippen molar-refractivity contribution in [2.24, 2.45) is 5.10 Å². The van der Waals surface area contributed by atoms with Crippen molar-refractivity contribution in [2.45, 2.75) is 6.92 Å². The number of aromatic nitrogens is 2. The molecule has 148 valence electrons. The number of thiophene rings is 1. The SMILES string of the molecule is CCOc1ccccc1-c1sc2c(N/N=C/c3cccc(C#N)c3)ncnc2c1O. The topological polar surface area (TPSA) is 103 Å². The van der Waals surface area contributed by atoms with Gasteiger partial charge in [-0.3, -0.25) is 5.43 Å². The molecule has 30 heavy (non-hydrogen) atoms. The van der Waals surface area contributed by atoms with Gasteiger partial charge in [-0.2, -0.15) is 10.4 Å². The van der Waals surface area contributed by atoms with Crippen LogP contribution in [-0.4, -0.2) is 27.9 Å². The fourth-order valence-electron chi connectivity index (χ4n) is 2.95. The highest BCUT2D eigenvalue weighted by Gasteiger charge is 2.19. The molecule has 0 spiro atoms. The third-order valence-corrected chi connectivity index (χ3v) is 5.49. The second-order valence-electron chi connectivity index (χ2n) is 6.22. The third kappa shape index (κ3) is 3.79. The van der Waals surface area contributed by atoms with E-state index < -0.39 is 0 Å². The van der Waals surface area contributed by atoms with Gasteiger partial charge in [-0.25, -0.2) is 9.97 Å². The minimum Gasteiger partial charge on any atom is -0.504 e. The molecule has 0 amide bonds. The smallest absolute Gasteiger partial charge is 0.167 e. The number of hydrogen-bond acceptors (Lipinski definition) is 8. The molecule has 0 radical (unpaired) electrons. The lowest BCUT2D eigenvalue weighted by atomic mass is 10.1. The Morgan fingerprint density at radius 3 is 2.93 bits per heavy atom. The number of ether oxygens (including phenoxy) is 1. The average molecular weight is 415 g/mol. The molecule has 0 bridgehead atoms. The first-order chi connectivity index (χ1) is 14.7. The van der Waals surface area contributed by atoms with Crippen LogP contribution in [0.4, 0.5) is 5.82 Å². The van der Waals surface area contributed by atoms with E-state index in [9.17, 15) is 5.11 Å². The van der Waals surface area contributed by atoms with E-state index in [1.165, 1.54) is 17.7 Å². The van der Waals surface area contributed by atoms with Gasteiger partial charge < -0.3 is 9.84 Å². The Morgan fingerprint density at radius 1 is 1.23 bits per heavy atom. The van der Waals surface area contributed by atoms with E-state index in [0.29, 0.717) is 38.8 Å². The molecule has 0 aliphatic rings. The minimum atomic E-state index is 0.0818. The summed E-state index contributed by atoms with van der Waals surface area (Å²) in [5.74, 6) is 1.26. The first-order valence-corrected chi connectivity index (χ1v) is 10.0. The highest BCUT2D eigenvalue weighted by Crippen LogP contribution is 2.47. The van der Waals surface area contributed by atoms with Crippen molar-refractivity contribution < 1.29 is 9.84 Å². The van der Waals surface area contributed by atoms with Crippen LogP contribution < -0.4 is 10.2 Å². The van der Waals surface area contributed by atoms with E-state index in [4.69, 9.17) is 10.00 Å². The van der Waals surface area contributed by atoms with Gasteiger partial charge in [0.15, 0.2) is 11.6 Å². The molecule has 0 unspecified atom stereocenters. The van der Waals surface area contributed by atoms with E-state index in [2.05, 4.69) is 26.6 Å². The summed E-state index contributed by atoms with van der Waals surface area (Å²) in [4.78, 5) is 9.15. The molecular formula is C22H17N5O2S. The molecule has 0 fully saturated rings. The number of hydrazone groups is 1. The van der Waals surface area contributed by atoms with Crippen molar-refractivity contribution in [3.05, 3.63) is 66.0 Å². The summed E-state index contributed by atoms with van der Waals surface area (Å²) in [7, 11) is 0. The van der Waals surface area contributed by atoms with Gasteiger partial charge in [-0.05, 0) is 36.8 Å². The number of para-hydroxylation sites is 1. The second kappa shape index (κ2) is 8.59. The van der Waals surface area contributed by atoms with E-state index in [0.717, 1.165) is 11.1 Å². The summed E-state index contributed by atoms with van der Waals surface area (Å²) >= 11 is 1.36. The van der Waals surface area contributed by atoms with E-state index in [1.54, 1.807) is 24.4 Å². The lowest BCUT2D eigenvalue weighted by Crippen LogP contribution is -1.94. The number of rotatable bonds is 6. The number of benzene rings is 2. The van der Waals surface area contributed by atoms with Gasteiger partial charge in [0.2, 0.25) is 0 Å². The van der Waals surface area contributed by atoms with Gasteiger partial charge in [-0.1, -0.05) is 24.3 Å². The fraction of sp³-hybridized carbons (Fsp3) is 0.0909. The van der Waals surface area contributed by atoms with Crippen LogP contribution in [0.3, 0.4) is 0 Å². The maximum absolute atomic E-state index is 10.8. The molecule has 0 aliphatic heterocycles. The lowest BCUT2D eigenvalue weighted by molar-refractivity contribution is 0.341. The molecule has 4 aromatic rings. The molecule has 2 aromatic heterocycles. The highest BCUT2D eigenvalue weighted by atomic mass is 32.1. The summed E-state index contributed by atoms with van der Waals surface area (Å²) in [6.07, 6.45) is 2.98. The maximum atomic E-state index is 10.8. The maximum Gasteiger partial charge on any atom is 0.167 e. The Labute approximate surface area is 176 Å². The van der Waals surface area contributed by atoms with Gasteiger partial charge in [0.05, 0.1) is 29.3 Å². The zero-order valence-electron chi connectivity index (χ0n) is 16.0. The van der Waals surface area contributed by atoms with Crippen LogP contribution in [0.2, 0.25) is 0 Å². The summed E-state index contributed by atoms with van der Waals surface area (Å²) in [5.41, 5.74) is 5.49. The molecule has 0 atom stereocenters. The minimum absolute atomic E-state index is 0.0818. The fourth-order valence-corrected chi connectivity index (χ4v) is 4.07. The summed E-state index contributed by atoms with van der Waals surface area (Å²) in [6.45, 7) is 2.44. The molecule has 7 nitrogen and oxygen atoms in total. The van der Waals surface area contributed by atoms with Crippen molar-refractivity contribution >= 4 is 33.6 Å². The Balaban J connectivity index is 1.69. The zero-order valence-corrected chi connectivity index (χ0v) is 16.8. The number of fused-ring (bicyclic) bond motifs is 1. The van der Waals surface area contributed by atoms with Crippen LogP contribution in [-0.2, 0) is 0 Å². The third-order valence-electron chi connectivity index (χ3n) is 4.28. The van der Waals surface area contributed by atoms with E-state index in [1.807, 2.05) is 37.3 Å². The molecule has 2 N–H and O–H groups in total. The summed E-state index contributed by atoms with van der Waals surface area (Å²) < 4.78 is 6.38. The van der Waals surface area contributed by atoms with Gasteiger partial charge >= 0.3 is 0 Å². The number of aromatic hydroxyl groups is 1. The Kier molecular flexibility index (Phi) is 5.54. The van der Waals surface area contributed by atoms with Crippen LogP contribution in [0.25, 0.3) is 20.7 Å². The number of nitriles is 1. The number of nitrogens with one attached hydrogen (secondary N) is 1. The first kappa shape index (κ1) is 19.4. The van der Waals surface area contributed by atoms with Crippen molar-refractivity contribution in [3.8, 4) is 28.0 Å². The molecule has 0 saturated carbocycles. The highest BCUT2D eigenvalue weighted by molar-refractivity contribution is 7.23. The molecule has 2 heterocycles. The summed E-state index contributed by atoms with van der Waals surface area (Å²) in [6, 6.07) is 16.8. The van der Waals surface area contributed by atoms with Gasteiger partial charge in [0.25, 0.3) is 0 Å². The van der Waals surface area contributed by atoms with Crippen LogP contribution in [0.15, 0.2) is 60.0 Å². The molecule has 0 aliphatic carbocycles. The molecular weight excluding hydrogens is 398 g/mol. The number of anilines is 1. The van der Waals surface area contributed by atoms with Gasteiger partial charge in [-0.15, -0.1) is 11.3 Å². The zero-order chi connectivity index (χ0) is 20.9. The standard InChI is InChI=1S/C22H17N5O2S/c1-2-29-17-9-4-3-8-16(17)20-19(28)18-21(30-20)22(25-13-24-18)27-26-12-15-7-5-6-14(10-15)11-23/h3-10,12-13,28H,2H2,1H3,(H,24,25,27)/b26-12+. The van der Waals surface area contributed by atoms with Crippen molar-refractivity contribution in [1.29, 1.82) is 5.26 Å². The first-order valence-electron chi connectivity index (χ1n) is 9.19. The Morgan fingerprint density at radius 2 is 2.10 bits per heavy atom. The van der Waals surface area contributed by atoms with Crippen molar-refractivity contribution in [3.63, 3.8) is 0 Å². The Hall–Kier alpha value is -3.96. The Bertz CT molecular complexity index is 1280. The van der Waals surface area contributed by atoms with Crippen molar-refractivity contribution in [2.75, 3.05) is 12.0 Å². The van der Waals surface area contributed by atoms with Crippen molar-refractivity contribution in [1.82, 2.24) is 9.97 Å². The van der Waals surface area contributed by atoms with Crippen LogP contribution in [0.1, 0.15) is 18.1 Å². The normalized spacial score (nSPS) is 10.9. The monoisotopic (exact) mass is 415 g/mol. The number of hydrogen-bond donors (Lipinski definition) is 2.